The molecule has 1 heterocycles. The zero-order valence-electron chi connectivity index (χ0n) is 9.82. The summed E-state index contributed by atoms with van der Waals surface area (Å²) in [5, 5.41) is 3.89. The monoisotopic (exact) mass is 276 g/mol. The van der Waals surface area contributed by atoms with Crippen LogP contribution < -0.4 is 58.2 Å². The van der Waals surface area contributed by atoms with Gasteiger partial charge in [-0.05, 0) is 31.7 Å². The summed E-state index contributed by atoms with van der Waals surface area (Å²) in [5.41, 5.74) is 2.01. The normalized spacial score (nSPS) is 17.3. The molecule has 0 unspecified atom stereocenters. The fourth-order valence-corrected chi connectivity index (χ4v) is 1.37. The van der Waals surface area contributed by atoms with E-state index < -0.39 is 0 Å². The van der Waals surface area contributed by atoms with Gasteiger partial charge in [0.1, 0.15) is 0 Å². The molecule has 1 rings (SSSR count). The summed E-state index contributed by atoms with van der Waals surface area (Å²) in [5.74, 6) is 0. The Labute approximate surface area is 140 Å². The quantitative estimate of drug-likeness (QED) is 0.690. The molecule has 0 aromatic rings. The van der Waals surface area contributed by atoms with Gasteiger partial charge in [0.15, 0.2) is 6.03 Å². The van der Waals surface area contributed by atoms with Crippen molar-refractivity contribution in [1.82, 2.24) is 4.90 Å². The third-order valence-corrected chi connectivity index (χ3v) is 2.05. The van der Waals surface area contributed by atoms with Crippen LogP contribution in [0.3, 0.4) is 0 Å². The van der Waals surface area contributed by atoms with Crippen LogP contribution in [0.4, 0.5) is 4.79 Å². The topological polar surface area (TPSA) is 34.4 Å². The number of carbonyl (C=O) groups is 1. The molecule has 1 aliphatic heterocycles. The summed E-state index contributed by atoms with van der Waals surface area (Å²) >= 11 is 0. The second-order valence-corrected chi connectivity index (χ2v) is 3.07. The van der Waals surface area contributed by atoms with Crippen molar-refractivity contribution in [3.8, 4) is 0 Å². The van der Waals surface area contributed by atoms with Crippen molar-refractivity contribution in [3.63, 3.8) is 0 Å². The van der Waals surface area contributed by atoms with E-state index in [0.717, 1.165) is 11.3 Å². The first-order valence-electron chi connectivity index (χ1n) is 4.64. The maximum Gasteiger partial charge on any atom is 1.00 e. The summed E-state index contributed by atoms with van der Waals surface area (Å²) in [6.45, 7) is 4.37. The molecule has 0 N–H and O–H groups in total. The van der Waals surface area contributed by atoms with E-state index in [0.29, 0.717) is 6.54 Å². The van der Waals surface area contributed by atoms with Crippen LogP contribution in [0.2, 0.25) is 0 Å². The van der Waals surface area contributed by atoms with Crippen molar-refractivity contribution >= 4 is 6.03 Å². The van der Waals surface area contributed by atoms with Crippen LogP contribution >= 0.6 is 0 Å². The Kier molecular flexibility index (Phi) is 7.70. The van der Waals surface area contributed by atoms with Crippen LogP contribution in [0.5, 0.6) is 0 Å². The number of likely N-dealkylation sites (N-methyl/N-ethyl adjacent to an activating group) is 1. The molecule has 0 saturated heterocycles. The van der Waals surface area contributed by atoms with Gasteiger partial charge in [-0.15, -0.1) is 0 Å². The molecule has 4 heteroatoms. The van der Waals surface area contributed by atoms with Crippen molar-refractivity contribution in [2.45, 2.75) is 13.8 Å². The summed E-state index contributed by atoms with van der Waals surface area (Å²) in [6.07, 6.45) is 7.80. The van der Waals surface area contributed by atoms with Gasteiger partial charge in [-0.2, -0.15) is 0 Å². The van der Waals surface area contributed by atoms with Crippen molar-refractivity contribution in [2.24, 2.45) is 0 Å². The SMILES string of the molecule is C/C=C\C1=C(/C=C\C)N(C)C(=O)[N-]C1.[Rb+]. The van der Waals surface area contributed by atoms with Crippen molar-refractivity contribution < 1.29 is 63.0 Å². The molecular formula is C11H15N2ORb. The second kappa shape index (κ2) is 7.55. The number of nitrogens with zero attached hydrogens (tertiary/aromatic N) is 2. The molecule has 3 nitrogen and oxygen atoms in total. The van der Waals surface area contributed by atoms with E-state index >= 15 is 0 Å². The average molecular weight is 277 g/mol. The molecule has 0 saturated carbocycles. The van der Waals surface area contributed by atoms with Gasteiger partial charge >= 0.3 is 58.2 Å². The van der Waals surface area contributed by atoms with Gasteiger partial charge in [-0.1, -0.05) is 31.4 Å². The van der Waals surface area contributed by atoms with E-state index in [9.17, 15) is 4.79 Å². The summed E-state index contributed by atoms with van der Waals surface area (Å²) in [4.78, 5) is 12.9. The Balaban J connectivity index is 0.00000196. The number of carbonyl (C=O) groups excluding carboxylic acids is 1. The van der Waals surface area contributed by atoms with Crippen LogP contribution in [0, 0.1) is 0 Å². The zero-order chi connectivity index (χ0) is 10.6. The van der Waals surface area contributed by atoms with Gasteiger partial charge in [0.05, 0.1) is 0 Å². The Bertz CT molecular complexity index is 319. The van der Waals surface area contributed by atoms with E-state index in [4.69, 9.17) is 0 Å². The van der Waals surface area contributed by atoms with Gasteiger partial charge < -0.3 is 10.2 Å². The Hall–Kier alpha value is 0.295. The average Bonchev–Trinajstić information content (AvgIpc) is 2.18. The van der Waals surface area contributed by atoms with E-state index in [1.807, 2.05) is 38.2 Å². The van der Waals surface area contributed by atoms with Crippen molar-refractivity contribution in [3.05, 3.63) is 40.9 Å². The molecule has 0 spiro atoms. The van der Waals surface area contributed by atoms with Crippen molar-refractivity contribution in [2.75, 3.05) is 13.6 Å². The van der Waals surface area contributed by atoms with E-state index in [2.05, 4.69) is 5.32 Å². The smallest absolute Gasteiger partial charge is 0.426 e. The molecule has 0 aliphatic carbocycles. The number of amides is 2. The van der Waals surface area contributed by atoms with Crippen LogP contribution in [0.15, 0.2) is 35.6 Å². The minimum absolute atomic E-state index is 0. The molecule has 15 heavy (non-hydrogen) atoms. The first-order valence-corrected chi connectivity index (χ1v) is 4.64. The number of hydrogen-bond donors (Lipinski definition) is 0. The van der Waals surface area contributed by atoms with Crippen LogP contribution in [-0.2, 0) is 0 Å². The Morgan fingerprint density at radius 1 is 1.27 bits per heavy atom. The molecule has 0 bridgehead atoms. The van der Waals surface area contributed by atoms with Crippen LogP contribution in [-0.4, -0.2) is 24.5 Å². The summed E-state index contributed by atoms with van der Waals surface area (Å²) in [6, 6.07) is -0.175. The third-order valence-electron chi connectivity index (χ3n) is 2.05. The van der Waals surface area contributed by atoms with Crippen LogP contribution in [0.1, 0.15) is 13.8 Å². The van der Waals surface area contributed by atoms with Gasteiger partial charge in [0.2, 0.25) is 0 Å². The molecule has 0 aromatic carbocycles. The molecule has 0 fully saturated rings. The first-order chi connectivity index (χ1) is 6.70. The third kappa shape index (κ3) is 3.98. The summed E-state index contributed by atoms with van der Waals surface area (Å²) < 4.78 is 0. The van der Waals surface area contributed by atoms with E-state index in [-0.39, 0.29) is 64.2 Å². The second-order valence-electron chi connectivity index (χ2n) is 3.07. The number of hydrogen-bond acceptors (Lipinski definition) is 1. The predicted molar refractivity (Wildman–Crippen MR) is 58.0 cm³/mol. The molecule has 1 aliphatic rings. The molecular weight excluding hydrogens is 262 g/mol. The van der Waals surface area contributed by atoms with Gasteiger partial charge in [-0.25, -0.2) is 0 Å². The maximum atomic E-state index is 11.3. The van der Waals surface area contributed by atoms with Crippen molar-refractivity contribution in [1.29, 1.82) is 0 Å². The molecule has 0 radical (unpaired) electrons. The fraction of sp³-hybridized carbons (Fsp3) is 0.364. The summed E-state index contributed by atoms with van der Waals surface area (Å²) in [7, 11) is 1.74. The Morgan fingerprint density at radius 3 is 2.40 bits per heavy atom. The van der Waals surface area contributed by atoms with E-state index in [1.54, 1.807) is 11.9 Å². The number of urea groups is 1. The Morgan fingerprint density at radius 2 is 1.87 bits per heavy atom. The maximum absolute atomic E-state index is 11.3. The largest absolute Gasteiger partial charge is 1.00 e. The van der Waals surface area contributed by atoms with Gasteiger partial charge in [0.25, 0.3) is 0 Å². The molecule has 76 valence electrons. The van der Waals surface area contributed by atoms with Gasteiger partial charge in [-0.3, -0.25) is 4.79 Å². The van der Waals surface area contributed by atoms with Crippen LogP contribution in [0.25, 0.3) is 5.32 Å². The predicted octanol–water partition coefficient (Wildman–Crippen LogP) is -0.164. The number of rotatable bonds is 2. The molecule has 0 aromatic heterocycles. The minimum atomic E-state index is -0.175. The standard InChI is InChI=1S/C11H16N2O.Rb/c1-4-6-9-8-12-11(14)13(3)10(9)7-5-2;/h4-7H,8H2,1-3H3,(H,12,14);/q;+1/p-1/b6-4-,7-5-;. The van der Waals surface area contributed by atoms with E-state index in [1.165, 1.54) is 0 Å². The minimum Gasteiger partial charge on any atom is -0.426 e. The van der Waals surface area contributed by atoms with Gasteiger partial charge in [0, 0.05) is 0 Å². The number of allylic oxidation sites excluding steroid dienone is 3. The fourth-order valence-electron chi connectivity index (χ4n) is 1.37. The molecule has 0 atom stereocenters. The zero-order valence-corrected chi connectivity index (χ0v) is 14.7. The molecule has 2 amide bonds. The first kappa shape index (κ1) is 15.3.